The predicted molar refractivity (Wildman–Crippen MR) is 146 cm³/mol. The lowest BCUT2D eigenvalue weighted by molar-refractivity contribution is 0.111. The smallest absolute Gasteiger partial charge is 0.191 e. The summed E-state index contributed by atoms with van der Waals surface area (Å²) in [5, 5.41) is 21.0. The Kier molecular flexibility index (Phi) is 10.1. The van der Waals surface area contributed by atoms with E-state index < -0.39 is 6.10 Å². The fourth-order valence-corrected chi connectivity index (χ4v) is 5.26. The van der Waals surface area contributed by atoms with Gasteiger partial charge in [0.25, 0.3) is 0 Å². The van der Waals surface area contributed by atoms with Gasteiger partial charge in [-0.25, -0.2) is 0 Å². The van der Waals surface area contributed by atoms with E-state index in [2.05, 4.69) is 69.1 Å². The van der Waals surface area contributed by atoms with Crippen LogP contribution in [0.3, 0.4) is 0 Å². The first-order valence-corrected chi connectivity index (χ1v) is 12.4. The molecule has 4 rings (SSSR count). The number of thiophene rings is 1. The Balaban J connectivity index is 0.00000289. The number of benzene rings is 1. The minimum Gasteiger partial charge on any atom is -0.390 e. The molecule has 1 unspecified atom stereocenters. The van der Waals surface area contributed by atoms with Crippen LogP contribution in [0.25, 0.3) is 0 Å². The Hall–Kier alpha value is -1.36. The second-order valence-electron chi connectivity index (χ2n) is 8.48. The second-order valence-corrected chi connectivity index (χ2v) is 9.41. The van der Waals surface area contributed by atoms with Crippen LogP contribution in [0.5, 0.6) is 0 Å². The van der Waals surface area contributed by atoms with Crippen molar-refractivity contribution in [2.45, 2.75) is 44.9 Å². The van der Waals surface area contributed by atoms with Crippen LogP contribution >= 0.6 is 35.3 Å². The fraction of sp³-hybridized carbons (Fsp3) is 0.542. The van der Waals surface area contributed by atoms with E-state index in [9.17, 15) is 5.11 Å². The van der Waals surface area contributed by atoms with E-state index in [1.807, 2.05) is 11.3 Å². The summed E-state index contributed by atoms with van der Waals surface area (Å²) in [5.41, 5.74) is 2.82. The van der Waals surface area contributed by atoms with Gasteiger partial charge < -0.3 is 20.6 Å². The van der Waals surface area contributed by atoms with Gasteiger partial charge in [-0.15, -0.1) is 35.3 Å². The summed E-state index contributed by atoms with van der Waals surface area (Å²) in [6.07, 6.45) is 2.79. The van der Waals surface area contributed by atoms with E-state index in [0.717, 1.165) is 57.9 Å². The highest BCUT2D eigenvalue weighted by Crippen LogP contribution is 2.24. The standard InChI is InChI=1S/C24H35N5OS.HI/c1-2-25-24(27-21-10-13-29(14-11-21)23-8-5-15-31-23)26-16-22(30)18-28-12-9-19-6-3-4-7-20(19)17-28;/h3-8,15,21-22,30H,2,9-14,16-18H2,1H3,(H2,25,26,27);1H. The number of piperidine rings is 1. The van der Waals surface area contributed by atoms with Gasteiger partial charge in [0, 0.05) is 45.3 Å². The van der Waals surface area contributed by atoms with Gasteiger partial charge >= 0.3 is 0 Å². The summed E-state index contributed by atoms with van der Waals surface area (Å²) in [6, 6.07) is 13.4. The topological polar surface area (TPSA) is 63.1 Å². The number of halogens is 1. The Labute approximate surface area is 213 Å². The number of fused-ring (bicyclic) bond motifs is 1. The monoisotopic (exact) mass is 569 g/mol. The summed E-state index contributed by atoms with van der Waals surface area (Å²) < 4.78 is 0. The molecule has 0 radical (unpaired) electrons. The van der Waals surface area contributed by atoms with Crippen molar-refractivity contribution in [2.24, 2.45) is 4.99 Å². The molecular weight excluding hydrogens is 533 g/mol. The molecule has 1 saturated heterocycles. The molecule has 3 N–H and O–H groups in total. The highest BCUT2D eigenvalue weighted by Gasteiger charge is 2.21. The summed E-state index contributed by atoms with van der Waals surface area (Å²) >= 11 is 1.81. The largest absolute Gasteiger partial charge is 0.390 e. The molecule has 2 aromatic rings. The molecule has 0 amide bonds. The van der Waals surface area contributed by atoms with Crippen molar-refractivity contribution >= 4 is 46.3 Å². The number of β-amino-alcohol motifs (C(OH)–C–C–N with tert-alkyl or cyclic N) is 1. The molecule has 0 aliphatic carbocycles. The Morgan fingerprint density at radius 2 is 1.94 bits per heavy atom. The third-order valence-electron chi connectivity index (χ3n) is 6.14. The normalized spacial score (nSPS) is 18.6. The third-order valence-corrected chi connectivity index (χ3v) is 7.07. The molecule has 2 aliphatic heterocycles. The van der Waals surface area contributed by atoms with E-state index >= 15 is 0 Å². The first kappa shape index (κ1) is 25.3. The highest BCUT2D eigenvalue weighted by molar-refractivity contribution is 14.0. The molecule has 32 heavy (non-hydrogen) atoms. The van der Waals surface area contributed by atoms with Crippen LogP contribution in [0.4, 0.5) is 5.00 Å². The first-order chi connectivity index (χ1) is 15.2. The molecule has 2 aliphatic rings. The van der Waals surface area contributed by atoms with Crippen molar-refractivity contribution in [1.29, 1.82) is 0 Å². The molecule has 1 atom stereocenters. The molecule has 1 aromatic heterocycles. The van der Waals surface area contributed by atoms with Gasteiger partial charge in [0.2, 0.25) is 0 Å². The second kappa shape index (κ2) is 12.8. The Morgan fingerprint density at radius 3 is 2.66 bits per heavy atom. The number of anilines is 1. The van der Waals surface area contributed by atoms with Gasteiger partial charge in [-0.1, -0.05) is 24.3 Å². The van der Waals surface area contributed by atoms with Gasteiger partial charge in [0.15, 0.2) is 5.96 Å². The third kappa shape index (κ3) is 7.07. The van der Waals surface area contributed by atoms with Crippen molar-refractivity contribution in [1.82, 2.24) is 15.5 Å². The van der Waals surface area contributed by atoms with Gasteiger partial charge in [0.1, 0.15) is 0 Å². The lowest BCUT2D eigenvalue weighted by Gasteiger charge is -2.33. The summed E-state index contributed by atoms with van der Waals surface area (Å²) in [7, 11) is 0. The number of hydrogen-bond acceptors (Lipinski definition) is 5. The van der Waals surface area contributed by atoms with E-state index in [4.69, 9.17) is 4.99 Å². The summed E-state index contributed by atoms with van der Waals surface area (Å²) in [5.74, 6) is 0.820. The number of aliphatic hydroxyl groups excluding tert-OH is 1. The Bertz CT molecular complexity index is 839. The van der Waals surface area contributed by atoms with Gasteiger partial charge in [-0.2, -0.15) is 0 Å². The van der Waals surface area contributed by atoms with E-state index in [1.165, 1.54) is 16.1 Å². The van der Waals surface area contributed by atoms with Crippen LogP contribution in [0.2, 0.25) is 0 Å². The van der Waals surface area contributed by atoms with E-state index in [0.29, 0.717) is 19.1 Å². The molecule has 0 saturated carbocycles. The number of guanidine groups is 1. The molecule has 8 heteroatoms. The number of rotatable bonds is 7. The van der Waals surface area contributed by atoms with Crippen molar-refractivity contribution < 1.29 is 5.11 Å². The number of aliphatic hydroxyl groups is 1. The number of nitrogens with zero attached hydrogens (tertiary/aromatic N) is 3. The quantitative estimate of drug-likeness (QED) is 0.272. The molecule has 1 aromatic carbocycles. The average Bonchev–Trinajstić information content (AvgIpc) is 3.33. The Morgan fingerprint density at radius 1 is 1.16 bits per heavy atom. The molecule has 1 fully saturated rings. The van der Waals surface area contributed by atoms with Crippen LogP contribution in [0.1, 0.15) is 30.9 Å². The highest BCUT2D eigenvalue weighted by atomic mass is 127. The van der Waals surface area contributed by atoms with Crippen LogP contribution in [-0.2, 0) is 13.0 Å². The van der Waals surface area contributed by atoms with Crippen molar-refractivity contribution in [3.8, 4) is 0 Å². The fourth-order valence-electron chi connectivity index (χ4n) is 4.47. The van der Waals surface area contributed by atoms with Crippen molar-refractivity contribution in [3.05, 3.63) is 52.9 Å². The number of hydrogen-bond donors (Lipinski definition) is 3. The summed E-state index contributed by atoms with van der Waals surface area (Å²) in [6.45, 7) is 8.03. The van der Waals surface area contributed by atoms with E-state index in [-0.39, 0.29) is 24.0 Å². The molecule has 176 valence electrons. The zero-order valence-corrected chi connectivity index (χ0v) is 22.0. The predicted octanol–water partition coefficient (Wildman–Crippen LogP) is 3.31. The first-order valence-electron chi connectivity index (χ1n) is 11.5. The van der Waals surface area contributed by atoms with Crippen LogP contribution < -0.4 is 15.5 Å². The maximum atomic E-state index is 10.6. The van der Waals surface area contributed by atoms with Gasteiger partial charge in [-0.05, 0) is 54.8 Å². The maximum absolute atomic E-state index is 10.6. The zero-order chi connectivity index (χ0) is 21.5. The lowest BCUT2D eigenvalue weighted by atomic mass is 10.00. The molecule has 3 heterocycles. The van der Waals surface area contributed by atoms with E-state index in [1.54, 1.807) is 0 Å². The molecule has 6 nitrogen and oxygen atoms in total. The van der Waals surface area contributed by atoms with Crippen LogP contribution in [0.15, 0.2) is 46.8 Å². The SMILES string of the molecule is CCNC(=NCC(O)CN1CCc2ccccc2C1)NC1CCN(c2cccs2)CC1.I. The summed E-state index contributed by atoms with van der Waals surface area (Å²) in [4.78, 5) is 9.49. The van der Waals surface area contributed by atoms with Crippen LogP contribution in [-0.4, -0.2) is 67.4 Å². The number of aliphatic imine (C=N–C) groups is 1. The zero-order valence-electron chi connectivity index (χ0n) is 18.9. The van der Waals surface area contributed by atoms with Crippen LogP contribution in [0, 0.1) is 0 Å². The average molecular weight is 570 g/mol. The lowest BCUT2D eigenvalue weighted by Crippen LogP contribution is -2.49. The minimum absolute atomic E-state index is 0. The van der Waals surface area contributed by atoms with Crippen molar-refractivity contribution in [2.75, 3.05) is 44.2 Å². The number of nitrogens with one attached hydrogen (secondary N) is 2. The maximum Gasteiger partial charge on any atom is 0.191 e. The van der Waals surface area contributed by atoms with Gasteiger partial charge in [0.05, 0.1) is 17.6 Å². The molecular formula is C24H36IN5OS. The molecule has 0 bridgehead atoms. The minimum atomic E-state index is -0.457. The van der Waals surface area contributed by atoms with Crippen molar-refractivity contribution in [3.63, 3.8) is 0 Å². The van der Waals surface area contributed by atoms with Gasteiger partial charge in [-0.3, -0.25) is 9.89 Å². The molecule has 0 spiro atoms.